The molecule has 0 aliphatic heterocycles. The highest BCUT2D eigenvalue weighted by molar-refractivity contribution is 7.92. The van der Waals surface area contributed by atoms with Crippen molar-refractivity contribution < 1.29 is 23.1 Å². The standard InChI is InChI=1S/C11H19NO5S/c1-8(11(14)15)12-10(13)6-7-18(16,17)9-4-2-3-5-9/h8-9H,2-7H2,1H3,(H,12,13)(H,14,15)/t8-/m1/s1. The fourth-order valence-electron chi connectivity index (χ4n) is 2.02. The minimum atomic E-state index is -3.22. The molecule has 0 aromatic carbocycles. The predicted molar refractivity (Wildman–Crippen MR) is 65.9 cm³/mol. The van der Waals surface area contributed by atoms with Gasteiger partial charge >= 0.3 is 5.97 Å². The van der Waals surface area contributed by atoms with Crippen molar-refractivity contribution in [2.75, 3.05) is 5.75 Å². The van der Waals surface area contributed by atoms with Crippen LogP contribution < -0.4 is 5.32 Å². The first-order valence-electron chi connectivity index (χ1n) is 6.06. The zero-order valence-corrected chi connectivity index (χ0v) is 11.2. The largest absolute Gasteiger partial charge is 0.480 e. The van der Waals surface area contributed by atoms with E-state index in [2.05, 4.69) is 5.32 Å². The Morgan fingerprint density at radius 2 is 1.89 bits per heavy atom. The first kappa shape index (κ1) is 14.9. The fraction of sp³-hybridized carbons (Fsp3) is 0.818. The summed E-state index contributed by atoms with van der Waals surface area (Å²) in [5, 5.41) is 10.5. The van der Waals surface area contributed by atoms with Gasteiger partial charge in [0.15, 0.2) is 9.84 Å². The molecule has 0 aromatic heterocycles. The third-order valence-corrected chi connectivity index (χ3v) is 5.43. The molecule has 104 valence electrons. The van der Waals surface area contributed by atoms with E-state index in [4.69, 9.17) is 5.11 Å². The van der Waals surface area contributed by atoms with Crippen LogP contribution in [0.25, 0.3) is 0 Å². The van der Waals surface area contributed by atoms with Gasteiger partial charge in [-0.1, -0.05) is 12.8 Å². The quantitative estimate of drug-likeness (QED) is 0.728. The number of carbonyl (C=O) groups is 2. The van der Waals surface area contributed by atoms with Crippen LogP contribution in [0.3, 0.4) is 0 Å². The van der Waals surface area contributed by atoms with Gasteiger partial charge in [0.25, 0.3) is 0 Å². The lowest BCUT2D eigenvalue weighted by atomic mass is 10.3. The minimum absolute atomic E-state index is 0.170. The molecule has 0 radical (unpaired) electrons. The van der Waals surface area contributed by atoms with E-state index in [1.807, 2.05) is 0 Å². The van der Waals surface area contributed by atoms with Crippen molar-refractivity contribution in [1.82, 2.24) is 5.32 Å². The van der Waals surface area contributed by atoms with Crippen LogP contribution in [0.1, 0.15) is 39.0 Å². The van der Waals surface area contributed by atoms with Crippen molar-refractivity contribution in [3.63, 3.8) is 0 Å². The summed E-state index contributed by atoms with van der Waals surface area (Å²) in [4.78, 5) is 21.9. The number of nitrogens with one attached hydrogen (secondary N) is 1. The zero-order valence-electron chi connectivity index (χ0n) is 10.4. The third kappa shape index (κ3) is 4.29. The maximum atomic E-state index is 11.9. The van der Waals surface area contributed by atoms with Gasteiger partial charge in [-0.05, 0) is 19.8 Å². The van der Waals surface area contributed by atoms with Gasteiger partial charge in [-0.3, -0.25) is 9.59 Å². The number of carboxylic acids is 1. The van der Waals surface area contributed by atoms with Crippen LogP contribution in [0.2, 0.25) is 0 Å². The van der Waals surface area contributed by atoms with Gasteiger partial charge in [0.2, 0.25) is 5.91 Å². The Labute approximate surface area is 107 Å². The number of aliphatic carboxylic acids is 1. The first-order chi connectivity index (χ1) is 8.33. The lowest BCUT2D eigenvalue weighted by Crippen LogP contribution is -2.39. The highest BCUT2D eigenvalue weighted by Crippen LogP contribution is 2.25. The molecule has 1 atom stereocenters. The number of carboxylic acid groups (broad SMARTS) is 1. The molecule has 1 aliphatic rings. The van der Waals surface area contributed by atoms with Gasteiger partial charge in [-0.15, -0.1) is 0 Å². The average molecular weight is 277 g/mol. The Morgan fingerprint density at radius 3 is 2.39 bits per heavy atom. The molecule has 6 nitrogen and oxygen atoms in total. The highest BCUT2D eigenvalue weighted by atomic mass is 32.2. The van der Waals surface area contributed by atoms with Crippen molar-refractivity contribution in [2.45, 2.75) is 50.3 Å². The van der Waals surface area contributed by atoms with Crippen molar-refractivity contribution in [3.05, 3.63) is 0 Å². The van der Waals surface area contributed by atoms with E-state index >= 15 is 0 Å². The maximum Gasteiger partial charge on any atom is 0.325 e. The summed E-state index contributed by atoms with van der Waals surface area (Å²) in [5.41, 5.74) is 0. The summed E-state index contributed by atoms with van der Waals surface area (Å²) in [6, 6.07) is -0.994. The molecular weight excluding hydrogens is 258 g/mol. The van der Waals surface area contributed by atoms with Gasteiger partial charge < -0.3 is 10.4 Å². The Morgan fingerprint density at radius 1 is 1.33 bits per heavy atom. The van der Waals surface area contributed by atoms with Crippen LogP contribution >= 0.6 is 0 Å². The Kier molecular flexibility index (Phi) is 5.13. The molecule has 2 N–H and O–H groups in total. The second-order valence-corrected chi connectivity index (χ2v) is 7.05. The molecule has 0 aromatic rings. The monoisotopic (exact) mass is 277 g/mol. The van der Waals surface area contributed by atoms with Crippen molar-refractivity contribution in [2.24, 2.45) is 0 Å². The minimum Gasteiger partial charge on any atom is -0.480 e. The molecule has 1 aliphatic carbocycles. The van der Waals surface area contributed by atoms with E-state index in [9.17, 15) is 18.0 Å². The van der Waals surface area contributed by atoms with Crippen molar-refractivity contribution in [1.29, 1.82) is 0 Å². The summed E-state index contributed by atoms with van der Waals surface area (Å²) in [7, 11) is -3.22. The molecule has 0 spiro atoms. The van der Waals surface area contributed by atoms with Crippen LogP contribution in [0.15, 0.2) is 0 Å². The predicted octanol–water partition coefficient (Wildman–Crippen LogP) is 0.323. The van der Waals surface area contributed by atoms with Crippen LogP contribution in [-0.4, -0.2) is 42.4 Å². The van der Waals surface area contributed by atoms with E-state index in [-0.39, 0.29) is 17.4 Å². The molecule has 0 unspecified atom stereocenters. The number of carbonyl (C=O) groups excluding carboxylic acids is 1. The molecule has 1 fully saturated rings. The van der Waals surface area contributed by atoms with E-state index in [0.717, 1.165) is 12.8 Å². The summed E-state index contributed by atoms with van der Waals surface area (Å²) in [6.45, 7) is 1.34. The van der Waals surface area contributed by atoms with Crippen LogP contribution in [0.5, 0.6) is 0 Å². The maximum absolute atomic E-state index is 11.9. The second-order valence-electron chi connectivity index (χ2n) is 4.65. The van der Waals surface area contributed by atoms with Gasteiger partial charge in [-0.2, -0.15) is 0 Å². The smallest absolute Gasteiger partial charge is 0.325 e. The second kappa shape index (κ2) is 6.17. The molecule has 1 amide bonds. The van der Waals surface area contributed by atoms with Crippen LogP contribution in [-0.2, 0) is 19.4 Å². The normalized spacial score (nSPS) is 18.5. The van der Waals surface area contributed by atoms with Crippen LogP contribution in [0.4, 0.5) is 0 Å². The topological polar surface area (TPSA) is 101 Å². The summed E-state index contributed by atoms with van der Waals surface area (Å²) >= 11 is 0. The zero-order chi connectivity index (χ0) is 13.8. The summed E-state index contributed by atoms with van der Waals surface area (Å²) in [6.07, 6.45) is 3.03. The molecule has 1 saturated carbocycles. The molecule has 1 rings (SSSR count). The van der Waals surface area contributed by atoms with Crippen LogP contribution in [0, 0.1) is 0 Å². The number of hydrogen-bond donors (Lipinski definition) is 2. The summed E-state index contributed by atoms with van der Waals surface area (Å²) in [5.74, 6) is -1.87. The molecule has 18 heavy (non-hydrogen) atoms. The molecular formula is C11H19NO5S. The van der Waals surface area contributed by atoms with Gasteiger partial charge in [0.1, 0.15) is 6.04 Å². The molecule has 0 bridgehead atoms. The number of sulfone groups is 1. The van der Waals surface area contributed by atoms with Crippen molar-refractivity contribution in [3.8, 4) is 0 Å². The van der Waals surface area contributed by atoms with E-state index in [1.165, 1.54) is 6.92 Å². The Balaban J connectivity index is 2.40. The lowest BCUT2D eigenvalue weighted by Gasteiger charge is -2.12. The molecule has 7 heteroatoms. The number of amides is 1. The van der Waals surface area contributed by atoms with Crippen molar-refractivity contribution >= 4 is 21.7 Å². The lowest BCUT2D eigenvalue weighted by molar-refractivity contribution is -0.141. The molecule has 0 heterocycles. The van der Waals surface area contributed by atoms with E-state index in [0.29, 0.717) is 12.8 Å². The third-order valence-electron chi connectivity index (χ3n) is 3.17. The first-order valence-corrected chi connectivity index (χ1v) is 7.78. The summed E-state index contributed by atoms with van der Waals surface area (Å²) < 4.78 is 23.7. The highest BCUT2D eigenvalue weighted by Gasteiger charge is 2.29. The average Bonchev–Trinajstić information content (AvgIpc) is 2.80. The number of rotatable bonds is 6. The number of hydrogen-bond acceptors (Lipinski definition) is 4. The van der Waals surface area contributed by atoms with Gasteiger partial charge in [0.05, 0.1) is 11.0 Å². The Hall–Kier alpha value is -1.11. The Bertz CT molecular complexity index is 411. The van der Waals surface area contributed by atoms with Gasteiger partial charge in [-0.25, -0.2) is 8.42 Å². The van der Waals surface area contributed by atoms with E-state index in [1.54, 1.807) is 0 Å². The SMILES string of the molecule is C[C@@H](NC(=O)CCS(=O)(=O)C1CCCC1)C(=O)O. The van der Waals surface area contributed by atoms with Gasteiger partial charge in [0, 0.05) is 6.42 Å². The fourth-order valence-corrected chi connectivity index (χ4v) is 3.88. The van der Waals surface area contributed by atoms with E-state index < -0.39 is 27.8 Å². The molecule has 0 saturated heterocycles.